The number of hydrogen-bond donors (Lipinski definition) is 1. The van der Waals surface area contributed by atoms with Gasteiger partial charge in [0, 0.05) is 51.8 Å². The zero-order valence-corrected chi connectivity index (χ0v) is 14.4. The van der Waals surface area contributed by atoms with E-state index in [1.807, 2.05) is 0 Å². The lowest BCUT2D eigenvalue weighted by atomic mass is 10.0. The lowest BCUT2D eigenvalue weighted by Crippen LogP contribution is -2.38. The van der Waals surface area contributed by atoms with Crippen molar-refractivity contribution in [3.8, 4) is 0 Å². The van der Waals surface area contributed by atoms with Gasteiger partial charge in [-0.2, -0.15) is 5.10 Å². The van der Waals surface area contributed by atoms with Crippen molar-refractivity contribution in [3.05, 3.63) is 17.5 Å². The van der Waals surface area contributed by atoms with Gasteiger partial charge in [0.25, 0.3) is 0 Å². The fraction of sp³-hybridized carbons (Fsp3) is 0.833. The first-order valence-corrected chi connectivity index (χ1v) is 9.45. The molecule has 1 aromatic rings. The Kier molecular flexibility index (Phi) is 5.47. The Morgan fingerprint density at radius 2 is 1.79 bits per heavy atom. The summed E-state index contributed by atoms with van der Waals surface area (Å²) >= 11 is 0. The van der Waals surface area contributed by atoms with Gasteiger partial charge in [-0.05, 0) is 43.6 Å². The monoisotopic (exact) mass is 335 g/mol. The number of rotatable bonds is 5. The number of nitrogens with zero attached hydrogens (tertiary/aromatic N) is 2. The van der Waals surface area contributed by atoms with E-state index in [4.69, 9.17) is 19.3 Å². The zero-order valence-electron chi connectivity index (χ0n) is 14.4. The van der Waals surface area contributed by atoms with Gasteiger partial charge in [0.05, 0.1) is 12.3 Å². The van der Waals surface area contributed by atoms with Crippen LogP contribution in [0.3, 0.4) is 0 Å². The third-order valence-electron chi connectivity index (χ3n) is 5.46. The first-order chi connectivity index (χ1) is 11.9. The van der Waals surface area contributed by atoms with Crippen molar-refractivity contribution in [1.29, 1.82) is 0 Å². The standard InChI is InChI=1S/C18H29N3O3/c1-6-22-7-2-14(1)12-21-13-15-3-10-24-17(18(15)20-21)11-19-16-4-8-23-9-5-16/h13-14,16-17,19H,1-12H2. The fourth-order valence-corrected chi connectivity index (χ4v) is 3.95. The highest BCUT2D eigenvalue weighted by Gasteiger charge is 2.26. The number of hydrogen-bond acceptors (Lipinski definition) is 5. The van der Waals surface area contributed by atoms with Crippen molar-refractivity contribution >= 4 is 0 Å². The normalized spacial score (nSPS) is 26.4. The Morgan fingerprint density at radius 1 is 1.04 bits per heavy atom. The Bertz CT molecular complexity index is 522. The minimum absolute atomic E-state index is 0.0903. The Labute approximate surface area is 143 Å². The van der Waals surface area contributed by atoms with Gasteiger partial charge < -0.3 is 19.5 Å². The molecule has 2 fully saturated rings. The van der Waals surface area contributed by atoms with Gasteiger partial charge in [-0.1, -0.05) is 0 Å². The molecule has 3 aliphatic rings. The van der Waals surface area contributed by atoms with Gasteiger partial charge >= 0.3 is 0 Å². The summed E-state index contributed by atoms with van der Waals surface area (Å²) in [7, 11) is 0. The Morgan fingerprint density at radius 3 is 2.58 bits per heavy atom. The molecule has 0 bridgehead atoms. The molecule has 1 atom stereocenters. The van der Waals surface area contributed by atoms with Crippen molar-refractivity contribution in [3.63, 3.8) is 0 Å². The highest BCUT2D eigenvalue weighted by Crippen LogP contribution is 2.26. The topological polar surface area (TPSA) is 57.5 Å². The van der Waals surface area contributed by atoms with Crippen molar-refractivity contribution in [1.82, 2.24) is 15.1 Å². The first-order valence-electron chi connectivity index (χ1n) is 9.45. The van der Waals surface area contributed by atoms with E-state index in [-0.39, 0.29) is 6.10 Å². The van der Waals surface area contributed by atoms with E-state index in [0.29, 0.717) is 12.0 Å². The molecule has 2 saturated heterocycles. The van der Waals surface area contributed by atoms with Gasteiger partial charge in [0.15, 0.2) is 0 Å². The molecular weight excluding hydrogens is 306 g/mol. The molecule has 4 rings (SSSR count). The van der Waals surface area contributed by atoms with E-state index in [1.165, 1.54) is 5.56 Å². The van der Waals surface area contributed by atoms with Crippen LogP contribution in [0.5, 0.6) is 0 Å². The zero-order chi connectivity index (χ0) is 16.2. The highest BCUT2D eigenvalue weighted by molar-refractivity contribution is 5.22. The number of ether oxygens (including phenoxy) is 3. The minimum Gasteiger partial charge on any atom is -0.381 e. The van der Waals surface area contributed by atoms with E-state index in [0.717, 1.165) is 83.9 Å². The summed E-state index contributed by atoms with van der Waals surface area (Å²) in [6, 6.07) is 0.553. The van der Waals surface area contributed by atoms with Crippen molar-refractivity contribution in [2.24, 2.45) is 5.92 Å². The number of fused-ring (bicyclic) bond motifs is 1. The van der Waals surface area contributed by atoms with Crippen LogP contribution in [0.1, 0.15) is 43.0 Å². The molecule has 0 aliphatic carbocycles. The first kappa shape index (κ1) is 16.5. The molecule has 0 spiro atoms. The molecule has 1 unspecified atom stereocenters. The quantitative estimate of drug-likeness (QED) is 0.887. The van der Waals surface area contributed by atoms with Crippen LogP contribution in [0.15, 0.2) is 6.20 Å². The molecule has 3 aliphatic heterocycles. The maximum Gasteiger partial charge on any atom is 0.114 e. The lowest BCUT2D eigenvalue weighted by molar-refractivity contribution is 0.0295. The molecule has 1 N–H and O–H groups in total. The van der Waals surface area contributed by atoms with E-state index < -0.39 is 0 Å². The van der Waals surface area contributed by atoms with Crippen LogP contribution >= 0.6 is 0 Å². The van der Waals surface area contributed by atoms with Crippen LogP contribution in [0.4, 0.5) is 0 Å². The van der Waals surface area contributed by atoms with Crippen molar-refractivity contribution in [2.45, 2.75) is 50.8 Å². The van der Waals surface area contributed by atoms with Gasteiger partial charge in [-0.3, -0.25) is 4.68 Å². The summed E-state index contributed by atoms with van der Waals surface area (Å²) < 4.78 is 19.0. The van der Waals surface area contributed by atoms with Crippen LogP contribution < -0.4 is 5.32 Å². The number of nitrogens with one attached hydrogen (secondary N) is 1. The van der Waals surface area contributed by atoms with Crippen LogP contribution in [0, 0.1) is 5.92 Å². The molecule has 4 heterocycles. The van der Waals surface area contributed by atoms with Gasteiger partial charge in [0.1, 0.15) is 6.10 Å². The maximum atomic E-state index is 6.01. The van der Waals surface area contributed by atoms with Gasteiger partial charge in [-0.15, -0.1) is 0 Å². The molecule has 6 heteroatoms. The maximum absolute atomic E-state index is 6.01. The summed E-state index contributed by atoms with van der Waals surface area (Å²) in [5.41, 5.74) is 2.51. The fourth-order valence-electron chi connectivity index (χ4n) is 3.95. The van der Waals surface area contributed by atoms with E-state index in [1.54, 1.807) is 0 Å². The molecule has 0 aromatic carbocycles. The second kappa shape index (κ2) is 7.95. The minimum atomic E-state index is 0.0903. The third kappa shape index (κ3) is 3.99. The molecular formula is C18H29N3O3. The summed E-state index contributed by atoms with van der Waals surface area (Å²) in [4.78, 5) is 0. The lowest BCUT2D eigenvalue weighted by Gasteiger charge is -2.27. The van der Waals surface area contributed by atoms with Crippen LogP contribution in [0.25, 0.3) is 0 Å². The smallest absolute Gasteiger partial charge is 0.114 e. The average molecular weight is 335 g/mol. The summed E-state index contributed by atoms with van der Waals surface area (Å²) in [5.74, 6) is 0.694. The molecule has 0 saturated carbocycles. The summed E-state index contributed by atoms with van der Waals surface area (Å²) in [6.45, 7) is 6.19. The largest absolute Gasteiger partial charge is 0.381 e. The average Bonchev–Trinajstić information content (AvgIpc) is 3.04. The Hall–Kier alpha value is -0.950. The Balaban J connectivity index is 1.36. The SMILES string of the molecule is c1c2c(nn1CC1CCOCC1)C(CNC1CCOCC1)OCC2. The second-order valence-corrected chi connectivity index (χ2v) is 7.22. The summed E-state index contributed by atoms with van der Waals surface area (Å²) in [5, 5.41) is 8.53. The van der Waals surface area contributed by atoms with E-state index >= 15 is 0 Å². The van der Waals surface area contributed by atoms with Crippen LogP contribution in [-0.2, 0) is 27.2 Å². The molecule has 24 heavy (non-hydrogen) atoms. The van der Waals surface area contributed by atoms with E-state index in [2.05, 4.69) is 16.2 Å². The van der Waals surface area contributed by atoms with Crippen molar-refractivity contribution < 1.29 is 14.2 Å². The van der Waals surface area contributed by atoms with Gasteiger partial charge in [-0.25, -0.2) is 0 Å². The molecule has 6 nitrogen and oxygen atoms in total. The number of aromatic nitrogens is 2. The summed E-state index contributed by atoms with van der Waals surface area (Å²) in [6.07, 6.45) is 7.81. The third-order valence-corrected chi connectivity index (χ3v) is 5.46. The predicted molar refractivity (Wildman–Crippen MR) is 90.0 cm³/mol. The van der Waals surface area contributed by atoms with Crippen LogP contribution in [-0.4, -0.2) is 55.4 Å². The van der Waals surface area contributed by atoms with Crippen LogP contribution in [0.2, 0.25) is 0 Å². The predicted octanol–water partition coefficient (Wildman–Crippen LogP) is 1.69. The molecule has 0 radical (unpaired) electrons. The molecule has 1 aromatic heterocycles. The van der Waals surface area contributed by atoms with E-state index in [9.17, 15) is 0 Å². The second-order valence-electron chi connectivity index (χ2n) is 7.22. The molecule has 134 valence electrons. The molecule has 0 amide bonds. The van der Waals surface area contributed by atoms with Crippen molar-refractivity contribution in [2.75, 3.05) is 39.6 Å². The highest BCUT2D eigenvalue weighted by atomic mass is 16.5. The van der Waals surface area contributed by atoms with Gasteiger partial charge in [0.2, 0.25) is 0 Å².